The highest BCUT2D eigenvalue weighted by molar-refractivity contribution is 5.96. The Morgan fingerprint density at radius 1 is 1.33 bits per heavy atom. The maximum atomic E-state index is 9.01. The first-order valence-corrected chi connectivity index (χ1v) is 5.83. The van der Waals surface area contributed by atoms with Gasteiger partial charge < -0.3 is 10.8 Å². The van der Waals surface area contributed by atoms with E-state index < -0.39 is 0 Å². The zero-order valence-electron chi connectivity index (χ0n) is 10.1. The molecule has 0 aliphatic carbocycles. The van der Waals surface area contributed by atoms with Gasteiger partial charge in [-0.05, 0) is 25.1 Å². The Morgan fingerprint density at radius 3 is 2.94 bits per heavy atom. The number of rotatable bonds is 2. The van der Waals surface area contributed by atoms with Crippen LogP contribution in [0.3, 0.4) is 0 Å². The van der Waals surface area contributed by atoms with Crippen LogP contribution in [0.15, 0.2) is 24.3 Å². The minimum absolute atomic E-state index is 0.0177. The molecule has 3 N–H and O–H groups in total. The molecule has 0 aliphatic rings. The van der Waals surface area contributed by atoms with Crippen molar-refractivity contribution in [1.82, 2.24) is 14.8 Å². The summed E-state index contributed by atoms with van der Waals surface area (Å²) in [7, 11) is 0. The van der Waals surface area contributed by atoms with Crippen molar-refractivity contribution in [3.63, 3.8) is 0 Å². The molecule has 0 radical (unpaired) electrons. The molecule has 2 aromatic heterocycles. The Kier molecular flexibility index (Phi) is 2.41. The van der Waals surface area contributed by atoms with E-state index in [0.717, 1.165) is 21.9 Å². The highest BCUT2D eigenvalue weighted by atomic mass is 16.3. The van der Waals surface area contributed by atoms with E-state index in [0.29, 0.717) is 12.4 Å². The second-order valence-electron chi connectivity index (χ2n) is 4.39. The highest BCUT2D eigenvalue weighted by Gasteiger charge is 2.10. The number of aliphatic hydroxyl groups is 1. The second-order valence-corrected chi connectivity index (χ2v) is 4.39. The lowest BCUT2D eigenvalue weighted by molar-refractivity contribution is 0.271. The SMILES string of the molecule is Cc1ccc2nc3c(cc2c1)c(N)nn3CCO. The first-order chi connectivity index (χ1) is 8.69. The summed E-state index contributed by atoms with van der Waals surface area (Å²) in [5.41, 5.74) is 8.70. The summed E-state index contributed by atoms with van der Waals surface area (Å²) in [4.78, 5) is 4.57. The van der Waals surface area contributed by atoms with Gasteiger partial charge in [0.05, 0.1) is 24.1 Å². The zero-order chi connectivity index (χ0) is 12.7. The van der Waals surface area contributed by atoms with Crippen molar-refractivity contribution in [1.29, 1.82) is 0 Å². The van der Waals surface area contributed by atoms with Crippen molar-refractivity contribution >= 4 is 27.8 Å². The maximum Gasteiger partial charge on any atom is 0.160 e. The van der Waals surface area contributed by atoms with Crippen LogP contribution in [-0.4, -0.2) is 26.5 Å². The smallest absolute Gasteiger partial charge is 0.160 e. The quantitative estimate of drug-likeness (QED) is 0.713. The summed E-state index contributed by atoms with van der Waals surface area (Å²) >= 11 is 0. The van der Waals surface area contributed by atoms with Gasteiger partial charge in [0.15, 0.2) is 11.5 Å². The predicted octanol–water partition coefficient (Wildman–Crippen LogP) is 1.47. The van der Waals surface area contributed by atoms with E-state index in [1.165, 1.54) is 5.56 Å². The number of fused-ring (bicyclic) bond motifs is 2. The molecule has 0 spiro atoms. The number of nitrogens with zero attached hydrogens (tertiary/aromatic N) is 3. The van der Waals surface area contributed by atoms with Crippen molar-refractivity contribution in [3.8, 4) is 0 Å². The Hall–Kier alpha value is -2.14. The van der Waals surface area contributed by atoms with Crippen LogP contribution >= 0.6 is 0 Å². The van der Waals surface area contributed by atoms with Gasteiger partial charge in [0, 0.05) is 5.39 Å². The van der Waals surface area contributed by atoms with Gasteiger partial charge >= 0.3 is 0 Å². The predicted molar refractivity (Wildman–Crippen MR) is 71.3 cm³/mol. The number of nitrogen functional groups attached to an aromatic ring is 1. The van der Waals surface area contributed by atoms with E-state index in [-0.39, 0.29) is 6.61 Å². The molecule has 5 heteroatoms. The van der Waals surface area contributed by atoms with Gasteiger partial charge in [-0.15, -0.1) is 0 Å². The molecule has 0 saturated carbocycles. The molecule has 3 aromatic rings. The molecule has 0 atom stereocenters. The average Bonchev–Trinajstić information content (AvgIpc) is 2.64. The van der Waals surface area contributed by atoms with Gasteiger partial charge in [-0.25, -0.2) is 9.67 Å². The molecule has 92 valence electrons. The minimum atomic E-state index is 0.0177. The Bertz CT molecular complexity index is 733. The zero-order valence-corrected chi connectivity index (χ0v) is 10.1. The number of nitrogens with two attached hydrogens (primary N) is 1. The van der Waals surface area contributed by atoms with Crippen LogP contribution in [0, 0.1) is 6.92 Å². The van der Waals surface area contributed by atoms with Crippen molar-refractivity contribution < 1.29 is 5.11 Å². The molecular formula is C13H14N4O. The number of hydrogen-bond acceptors (Lipinski definition) is 4. The number of aliphatic hydroxyl groups excluding tert-OH is 1. The standard InChI is InChI=1S/C13H14N4O/c1-8-2-3-11-9(6-8)7-10-12(14)16-17(4-5-18)13(10)15-11/h2-3,6-7,18H,4-5H2,1H3,(H2,14,16). The fraction of sp³-hybridized carbons (Fsp3) is 0.231. The van der Waals surface area contributed by atoms with E-state index in [1.807, 2.05) is 25.1 Å². The van der Waals surface area contributed by atoms with Crippen LogP contribution < -0.4 is 5.73 Å². The first kappa shape index (κ1) is 11.0. The van der Waals surface area contributed by atoms with Crippen LogP contribution in [-0.2, 0) is 6.54 Å². The summed E-state index contributed by atoms with van der Waals surface area (Å²) in [6.07, 6.45) is 0. The largest absolute Gasteiger partial charge is 0.394 e. The van der Waals surface area contributed by atoms with Crippen LogP contribution in [0.2, 0.25) is 0 Å². The van der Waals surface area contributed by atoms with Gasteiger partial charge in [-0.3, -0.25) is 0 Å². The van der Waals surface area contributed by atoms with Gasteiger partial charge in [0.25, 0.3) is 0 Å². The van der Waals surface area contributed by atoms with Crippen LogP contribution in [0.25, 0.3) is 21.9 Å². The van der Waals surface area contributed by atoms with Crippen molar-refractivity contribution in [3.05, 3.63) is 29.8 Å². The summed E-state index contributed by atoms with van der Waals surface area (Å²) < 4.78 is 1.64. The number of aryl methyl sites for hydroxylation is 1. The van der Waals surface area contributed by atoms with Gasteiger partial charge in [-0.1, -0.05) is 11.6 Å². The third-order valence-electron chi connectivity index (χ3n) is 3.01. The van der Waals surface area contributed by atoms with Crippen molar-refractivity contribution in [2.24, 2.45) is 0 Å². The summed E-state index contributed by atoms with van der Waals surface area (Å²) in [6, 6.07) is 8.08. The topological polar surface area (TPSA) is 77.0 Å². The first-order valence-electron chi connectivity index (χ1n) is 5.83. The lowest BCUT2D eigenvalue weighted by Gasteiger charge is -2.02. The number of benzene rings is 1. The molecule has 0 aliphatic heterocycles. The fourth-order valence-corrected chi connectivity index (χ4v) is 2.15. The van der Waals surface area contributed by atoms with E-state index in [9.17, 15) is 0 Å². The van der Waals surface area contributed by atoms with E-state index in [2.05, 4.69) is 16.1 Å². The van der Waals surface area contributed by atoms with Crippen LogP contribution in [0.4, 0.5) is 5.82 Å². The molecule has 2 heterocycles. The number of anilines is 1. The minimum Gasteiger partial charge on any atom is -0.394 e. The van der Waals surface area contributed by atoms with E-state index in [1.54, 1.807) is 4.68 Å². The van der Waals surface area contributed by atoms with Crippen LogP contribution in [0.1, 0.15) is 5.56 Å². The number of pyridine rings is 1. The molecular weight excluding hydrogens is 228 g/mol. The summed E-state index contributed by atoms with van der Waals surface area (Å²) in [6.45, 7) is 2.46. The molecule has 0 fully saturated rings. The van der Waals surface area contributed by atoms with Crippen LogP contribution in [0.5, 0.6) is 0 Å². The second kappa shape index (κ2) is 3.96. The van der Waals surface area contributed by atoms with E-state index in [4.69, 9.17) is 10.8 Å². The van der Waals surface area contributed by atoms with Crippen molar-refractivity contribution in [2.45, 2.75) is 13.5 Å². The molecule has 5 nitrogen and oxygen atoms in total. The lowest BCUT2D eigenvalue weighted by Crippen LogP contribution is -2.05. The lowest BCUT2D eigenvalue weighted by atomic mass is 10.1. The molecule has 0 unspecified atom stereocenters. The van der Waals surface area contributed by atoms with Gasteiger partial charge in [-0.2, -0.15) is 5.10 Å². The van der Waals surface area contributed by atoms with Crippen molar-refractivity contribution in [2.75, 3.05) is 12.3 Å². The highest BCUT2D eigenvalue weighted by Crippen LogP contribution is 2.24. The van der Waals surface area contributed by atoms with Gasteiger partial charge in [0.2, 0.25) is 0 Å². The molecule has 0 amide bonds. The fourth-order valence-electron chi connectivity index (χ4n) is 2.15. The van der Waals surface area contributed by atoms with Gasteiger partial charge in [0.1, 0.15) is 0 Å². The normalized spacial score (nSPS) is 11.4. The van der Waals surface area contributed by atoms with E-state index >= 15 is 0 Å². The monoisotopic (exact) mass is 242 g/mol. The molecule has 1 aromatic carbocycles. The Morgan fingerprint density at radius 2 is 2.17 bits per heavy atom. The number of hydrogen-bond donors (Lipinski definition) is 2. The Balaban J connectivity index is 2.35. The third-order valence-corrected chi connectivity index (χ3v) is 3.01. The average molecular weight is 242 g/mol. The molecule has 18 heavy (non-hydrogen) atoms. The molecule has 3 rings (SSSR count). The summed E-state index contributed by atoms with van der Waals surface area (Å²) in [5.74, 6) is 0.453. The summed E-state index contributed by atoms with van der Waals surface area (Å²) in [5, 5.41) is 15.1. The molecule has 0 bridgehead atoms. The third kappa shape index (κ3) is 1.60. The maximum absolute atomic E-state index is 9.01. The molecule has 0 saturated heterocycles. The number of aromatic nitrogens is 3. The Labute approximate surface area is 104 Å².